The van der Waals surface area contributed by atoms with Gasteiger partial charge in [0.2, 0.25) is 5.91 Å². The Morgan fingerprint density at radius 1 is 1.21 bits per heavy atom. The molecule has 7 rings (SSSR count). The third-order valence-corrected chi connectivity index (χ3v) is 10.6. The largest absolute Gasteiger partial charge is 0.462 e. The molecule has 3 atom stereocenters. The van der Waals surface area contributed by atoms with Gasteiger partial charge >= 0.3 is 12.2 Å². The Labute approximate surface area is 270 Å². The van der Waals surface area contributed by atoms with Crippen molar-refractivity contribution in [1.82, 2.24) is 24.8 Å². The zero-order chi connectivity index (χ0) is 33.4. The molecular weight excluding hydrogens is 641 g/mol. The van der Waals surface area contributed by atoms with E-state index in [2.05, 4.69) is 26.4 Å². The number of nitrogens with two attached hydrogens (primary N) is 1. The van der Waals surface area contributed by atoms with Gasteiger partial charge in [-0.15, -0.1) is 0 Å². The summed E-state index contributed by atoms with van der Waals surface area (Å²) in [6.07, 6.45) is -1.99. The number of hydrogen-bond acceptors (Lipinski definition) is 9. The summed E-state index contributed by atoms with van der Waals surface area (Å²) >= 11 is 0.839. The second kappa shape index (κ2) is 11.3. The Bertz CT molecular complexity index is 1910. The van der Waals surface area contributed by atoms with E-state index >= 15 is 4.39 Å². The van der Waals surface area contributed by atoms with Crippen molar-refractivity contribution >= 4 is 49.3 Å². The number of nitrogens with zero attached hydrogens (tertiary/aromatic N) is 6. The van der Waals surface area contributed by atoms with E-state index in [9.17, 15) is 22.4 Å². The van der Waals surface area contributed by atoms with E-state index in [1.165, 1.54) is 29.0 Å². The summed E-state index contributed by atoms with van der Waals surface area (Å²) in [6, 6.07) is 3.60. The second-order valence-corrected chi connectivity index (χ2v) is 13.8. The average molecular weight is 674 g/mol. The molecule has 3 unspecified atom stereocenters. The number of likely N-dealkylation sites (tertiary alicyclic amines) is 2. The number of benzene rings is 2. The third kappa shape index (κ3) is 5.62. The summed E-state index contributed by atoms with van der Waals surface area (Å²) < 4.78 is 80.5. The van der Waals surface area contributed by atoms with Gasteiger partial charge in [0.1, 0.15) is 24.4 Å². The van der Waals surface area contributed by atoms with Crippen LogP contribution < -0.4 is 15.4 Å². The van der Waals surface area contributed by atoms with Crippen molar-refractivity contribution in [3.05, 3.63) is 48.3 Å². The molecule has 1 spiro atoms. The SMILES string of the molecule is C=CC(=O)N1CC(F)C(N(C)c2nc(OCC3CC4(CC4)CN3C)nc3cc(-c4ccc(F)c5sc(N)nc45)c(C(F)(F)F)cc23)C1. The van der Waals surface area contributed by atoms with E-state index in [0.29, 0.717) is 5.41 Å². The number of ether oxygens (including phenoxy) is 1. The highest BCUT2D eigenvalue weighted by Gasteiger charge is 2.51. The van der Waals surface area contributed by atoms with Crippen LogP contribution in [0, 0.1) is 11.2 Å². The van der Waals surface area contributed by atoms with Gasteiger partial charge in [-0.05, 0) is 67.6 Å². The van der Waals surface area contributed by atoms with Gasteiger partial charge in [-0.1, -0.05) is 17.9 Å². The monoisotopic (exact) mass is 673 g/mol. The average Bonchev–Trinajstić information content (AvgIpc) is 3.30. The van der Waals surface area contributed by atoms with Crippen LogP contribution in [0.5, 0.6) is 6.01 Å². The third-order valence-electron chi connectivity index (χ3n) is 9.68. The van der Waals surface area contributed by atoms with Gasteiger partial charge in [0.25, 0.3) is 0 Å². The summed E-state index contributed by atoms with van der Waals surface area (Å²) in [6.45, 7) is 4.46. The van der Waals surface area contributed by atoms with Crippen LogP contribution in [0.2, 0.25) is 0 Å². The minimum atomic E-state index is -4.86. The van der Waals surface area contributed by atoms with E-state index in [1.807, 2.05) is 7.05 Å². The molecule has 3 aliphatic rings. The number of rotatable bonds is 7. The topological polar surface area (TPSA) is 101 Å². The number of aromatic nitrogens is 3. The molecule has 1 amide bonds. The highest BCUT2D eigenvalue weighted by atomic mass is 32.1. The summed E-state index contributed by atoms with van der Waals surface area (Å²) in [7, 11) is 3.55. The number of carbonyl (C=O) groups excluding carboxylic acids is 1. The lowest BCUT2D eigenvalue weighted by Crippen LogP contribution is -2.40. The van der Waals surface area contributed by atoms with E-state index in [0.717, 1.165) is 55.4 Å². The summed E-state index contributed by atoms with van der Waals surface area (Å²) in [5.74, 6) is -1.09. The fourth-order valence-electron chi connectivity index (χ4n) is 6.99. The minimum Gasteiger partial charge on any atom is -0.462 e. The Hall–Kier alpha value is -4.11. The molecule has 1 aliphatic carbocycles. The molecule has 248 valence electrons. The maximum atomic E-state index is 15.4. The van der Waals surface area contributed by atoms with Gasteiger partial charge in [0.15, 0.2) is 5.13 Å². The molecule has 0 bridgehead atoms. The molecule has 3 fully saturated rings. The van der Waals surface area contributed by atoms with Crippen molar-refractivity contribution in [3.63, 3.8) is 0 Å². The summed E-state index contributed by atoms with van der Waals surface area (Å²) in [5.41, 5.74) is 4.95. The first kappa shape index (κ1) is 31.5. The number of alkyl halides is 4. The number of amides is 1. The molecule has 47 heavy (non-hydrogen) atoms. The number of likely N-dealkylation sites (N-methyl/N-ethyl adjacent to an activating group) is 2. The van der Waals surface area contributed by atoms with Crippen molar-refractivity contribution in [3.8, 4) is 17.1 Å². The normalized spacial score (nSPS) is 22.4. The maximum absolute atomic E-state index is 15.4. The second-order valence-electron chi connectivity index (χ2n) is 12.8. The van der Waals surface area contributed by atoms with E-state index in [-0.39, 0.29) is 74.9 Å². The lowest BCUT2D eigenvalue weighted by Gasteiger charge is -2.28. The zero-order valence-electron chi connectivity index (χ0n) is 25.7. The molecular formula is C32H32F5N7O2S. The van der Waals surface area contributed by atoms with Gasteiger partial charge in [0, 0.05) is 37.1 Å². The Morgan fingerprint density at radius 3 is 2.66 bits per heavy atom. The zero-order valence-corrected chi connectivity index (χ0v) is 26.5. The lowest BCUT2D eigenvalue weighted by atomic mass is 9.96. The summed E-state index contributed by atoms with van der Waals surface area (Å²) in [4.78, 5) is 30.5. The summed E-state index contributed by atoms with van der Waals surface area (Å²) in [5, 5.41) is 0.0106. The number of anilines is 2. The Kier molecular flexibility index (Phi) is 7.54. The van der Waals surface area contributed by atoms with Crippen LogP contribution in [0.15, 0.2) is 36.9 Å². The number of fused-ring (bicyclic) bond motifs is 2. The maximum Gasteiger partial charge on any atom is 0.417 e. The number of nitrogen functional groups attached to an aromatic ring is 1. The van der Waals surface area contributed by atoms with Crippen LogP contribution >= 0.6 is 11.3 Å². The fourth-order valence-corrected chi connectivity index (χ4v) is 7.76. The standard InChI is InChI=1S/C32H32F5N7O2S/c1-4-25(45)44-12-22(34)24(13-44)43(3)28-19-9-20(32(35,36)37)18(17-5-6-21(33)27-26(17)40-29(38)47-27)10-23(19)39-30(41-28)46-14-16-11-31(7-8-31)15-42(16)2/h4-6,9-10,16,22,24H,1,7-8,11-15H2,2-3H3,(H2,38,40). The van der Waals surface area contributed by atoms with Gasteiger partial charge in [-0.3, -0.25) is 9.69 Å². The van der Waals surface area contributed by atoms with Gasteiger partial charge in [-0.2, -0.15) is 23.1 Å². The number of carbonyl (C=O) groups is 1. The van der Waals surface area contributed by atoms with Crippen LogP contribution in [0.25, 0.3) is 32.2 Å². The van der Waals surface area contributed by atoms with Gasteiger partial charge in [0.05, 0.1) is 33.9 Å². The number of halogens is 5. The predicted octanol–water partition coefficient (Wildman–Crippen LogP) is 5.68. The molecule has 15 heteroatoms. The predicted molar refractivity (Wildman–Crippen MR) is 170 cm³/mol. The molecule has 2 saturated heterocycles. The van der Waals surface area contributed by atoms with Crippen molar-refractivity contribution in [1.29, 1.82) is 0 Å². The van der Waals surface area contributed by atoms with Crippen molar-refractivity contribution in [2.45, 2.75) is 43.7 Å². The molecule has 2 aromatic heterocycles. The first-order valence-electron chi connectivity index (χ1n) is 15.2. The van der Waals surface area contributed by atoms with Crippen LogP contribution in [-0.2, 0) is 11.0 Å². The first-order chi connectivity index (χ1) is 22.3. The quantitative estimate of drug-likeness (QED) is 0.198. The molecule has 0 radical (unpaired) electrons. The number of thiazole rings is 1. The van der Waals surface area contributed by atoms with Crippen molar-refractivity contribution in [2.75, 3.05) is 51.0 Å². The molecule has 4 heterocycles. The molecule has 2 aliphatic heterocycles. The van der Waals surface area contributed by atoms with E-state index in [1.54, 1.807) is 0 Å². The smallest absolute Gasteiger partial charge is 0.417 e. The van der Waals surface area contributed by atoms with Crippen molar-refractivity contribution < 1.29 is 31.5 Å². The van der Waals surface area contributed by atoms with E-state index in [4.69, 9.17) is 10.5 Å². The molecule has 9 nitrogen and oxygen atoms in total. The number of hydrogen-bond donors (Lipinski definition) is 1. The van der Waals surface area contributed by atoms with Crippen LogP contribution in [0.1, 0.15) is 24.8 Å². The molecule has 2 aromatic carbocycles. The van der Waals surface area contributed by atoms with Gasteiger partial charge in [-0.25, -0.2) is 13.8 Å². The van der Waals surface area contributed by atoms with Crippen LogP contribution in [0.3, 0.4) is 0 Å². The first-order valence-corrected chi connectivity index (χ1v) is 16.0. The highest BCUT2D eigenvalue weighted by Crippen LogP contribution is 2.54. The highest BCUT2D eigenvalue weighted by molar-refractivity contribution is 7.22. The van der Waals surface area contributed by atoms with Crippen molar-refractivity contribution in [2.24, 2.45) is 5.41 Å². The fraction of sp³-hybridized carbons (Fsp3) is 0.438. The van der Waals surface area contributed by atoms with Crippen LogP contribution in [-0.4, -0.2) is 89.3 Å². The van der Waals surface area contributed by atoms with Gasteiger partial charge < -0.3 is 20.3 Å². The van der Waals surface area contributed by atoms with Crippen LogP contribution in [0.4, 0.5) is 32.9 Å². The molecule has 4 aromatic rings. The minimum absolute atomic E-state index is 0.00249. The molecule has 1 saturated carbocycles. The lowest BCUT2D eigenvalue weighted by molar-refractivity contribution is -0.137. The molecule has 2 N–H and O–H groups in total. The Morgan fingerprint density at radius 2 is 1.98 bits per heavy atom. The Balaban J connectivity index is 1.36. The van der Waals surface area contributed by atoms with E-state index < -0.39 is 35.7 Å².